The number of esters is 1. The molecular weight excluding hydrogens is 258 g/mol. The van der Waals surface area contributed by atoms with Gasteiger partial charge in [0.2, 0.25) is 5.88 Å². The van der Waals surface area contributed by atoms with Crippen molar-refractivity contribution in [1.29, 1.82) is 0 Å². The lowest BCUT2D eigenvalue weighted by Crippen LogP contribution is -2.08. The molecule has 1 aromatic rings. The zero-order chi connectivity index (χ0) is 11.3. The Kier molecular flexibility index (Phi) is 4.49. The van der Waals surface area contributed by atoms with Crippen LogP contribution in [0.25, 0.3) is 0 Å². The molecule has 1 aromatic heterocycles. The summed E-state index contributed by atoms with van der Waals surface area (Å²) in [6.45, 7) is 5.60. The Morgan fingerprint density at radius 2 is 2.27 bits per heavy atom. The Morgan fingerprint density at radius 1 is 1.53 bits per heavy atom. The fourth-order valence-corrected chi connectivity index (χ4v) is 1.14. The van der Waals surface area contributed by atoms with E-state index in [0.717, 1.165) is 10.0 Å². The summed E-state index contributed by atoms with van der Waals surface area (Å²) in [5.41, 5.74) is 0.968. The Balaban J connectivity index is 2.44. The Hall–Kier alpha value is -1.16. The highest BCUT2D eigenvalue weighted by atomic mass is 79.9. The first-order valence-corrected chi connectivity index (χ1v) is 5.34. The summed E-state index contributed by atoms with van der Waals surface area (Å²) in [5, 5.41) is 0. The second kappa shape index (κ2) is 5.66. The fourth-order valence-electron chi connectivity index (χ4n) is 0.906. The molecule has 80 valence electrons. The molecule has 0 unspecified atom stereocenters. The van der Waals surface area contributed by atoms with Gasteiger partial charge in [0, 0.05) is 23.2 Å². The van der Waals surface area contributed by atoms with E-state index in [4.69, 9.17) is 4.74 Å². The summed E-state index contributed by atoms with van der Waals surface area (Å²) in [6.07, 6.45) is 2.57. The van der Waals surface area contributed by atoms with Crippen molar-refractivity contribution in [3.63, 3.8) is 0 Å². The van der Waals surface area contributed by atoms with Gasteiger partial charge in [-0.05, 0) is 35.3 Å². The number of rotatable bonds is 4. The summed E-state index contributed by atoms with van der Waals surface area (Å²) in [4.78, 5) is 15.2. The minimum absolute atomic E-state index is 0.284. The number of hydrogen-bond donors (Lipinski definition) is 0. The van der Waals surface area contributed by atoms with Gasteiger partial charge in [-0.1, -0.05) is 5.57 Å². The van der Waals surface area contributed by atoms with Gasteiger partial charge < -0.3 is 4.74 Å². The number of carbonyl (C=O) groups is 1. The molecule has 0 fully saturated rings. The van der Waals surface area contributed by atoms with E-state index in [9.17, 15) is 4.79 Å². The monoisotopic (exact) mass is 269 g/mol. The Morgan fingerprint density at radius 3 is 2.80 bits per heavy atom. The smallest absolute Gasteiger partial charge is 0.312 e. The van der Waals surface area contributed by atoms with Gasteiger partial charge >= 0.3 is 5.97 Å². The molecule has 1 rings (SSSR count). The number of hydrogen-bond acceptors (Lipinski definition) is 3. The first-order chi connectivity index (χ1) is 7.08. The molecule has 0 bridgehead atoms. The molecule has 0 aromatic carbocycles. The van der Waals surface area contributed by atoms with Crippen molar-refractivity contribution in [2.75, 3.05) is 0 Å². The van der Waals surface area contributed by atoms with Crippen LogP contribution in [0.3, 0.4) is 0 Å². The van der Waals surface area contributed by atoms with Crippen molar-refractivity contribution >= 4 is 21.9 Å². The third kappa shape index (κ3) is 4.74. The molecule has 0 N–H and O–H groups in total. The molecule has 0 aliphatic rings. The number of nitrogens with zero attached hydrogens (tertiary/aromatic N) is 1. The van der Waals surface area contributed by atoms with E-state index in [1.165, 1.54) is 0 Å². The topological polar surface area (TPSA) is 39.2 Å². The molecule has 1 heterocycles. The lowest BCUT2D eigenvalue weighted by atomic mass is 10.2. The second-order valence-electron chi connectivity index (χ2n) is 3.25. The maximum atomic E-state index is 11.3. The highest BCUT2D eigenvalue weighted by Gasteiger charge is 2.05. The number of allylic oxidation sites excluding steroid dienone is 1. The van der Waals surface area contributed by atoms with Crippen LogP contribution in [0.5, 0.6) is 5.88 Å². The van der Waals surface area contributed by atoms with Gasteiger partial charge in [-0.2, -0.15) is 0 Å². The van der Waals surface area contributed by atoms with Gasteiger partial charge in [-0.25, -0.2) is 4.98 Å². The summed E-state index contributed by atoms with van der Waals surface area (Å²) in [7, 11) is 0. The first-order valence-electron chi connectivity index (χ1n) is 4.54. The lowest BCUT2D eigenvalue weighted by Gasteiger charge is -2.02. The van der Waals surface area contributed by atoms with E-state index in [-0.39, 0.29) is 5.97 Å². The Labute approximate surface area is 97.3 Å². The number of aromatic nitrogens is 1. The van der Waals surface area contributed by atoms with Crippen LogP contribution in [0.4, 0.5) is 0 Å². The largest absolute Gasteiger partial charge is 0.407 e. The molecule has 0 atom stereocenters. The van der Waals surface area contributed by atoms with Gasteiger partial charge in [0.25, 0.3) is 0 Å². The zero-order valence-corrected chi connectivity index (χ0v) is 10.1. The van der Waals surface area contributed by atoms with Crippen LogP contribution in [0.15, 0.2) is 35.0 Å². The minimum atomic E-state index is -0.284. The van der Waals surface area contributed by atoms with Crippen LogP contribution >= 0.6 is 15.9 Å². The normalized spacial score (nSPS) is 9.73. The van der Waals surface area contributed by atoms with Crippen LogP contribution in [-0.4, -0.2) is 11.0 Å². The van der Waals surface area contributed by atoms with Crippen molar-refractivity contribution in [1.82, 2.24) is 4.98 Å². The quantitative estimate of drug-likeness (QED) is 0.623. The van der Waals surface area contributed by atoms with Crippen LogP contribution < -0.4 is 4.74 Å². The maximum absolute atomic E-state index is 11.3. The molecule has 4 heteroatoms. The highest BCUT2D eigenvalue weighted by Crippen LogP contribution is 2.13. The molecule has 0 saturated heterocycles. The van der Waals surface area contributed by atoms with Crippen LogP contribution in [0, 0.1) is 0 Å². The van der Waals surface area contributed by atoms with E-state index >= 15 is 0 Å². The fraction of sp³-hybridized carbons (Fsp3) is 0.273. The number of carbonyl (C=O) groups excluding carboxylic acids is 1. The summed E-state index contributed by atoms with van der Waals surface area (Å²) in [5.74, 6) is 0.0396. The van der Waals surface area contributed by atoms with Crippen molar-refractivity contribution in [3.05, 3.63) is 35.0 Å². The van der Waals surface area contributed by atoms with Gasteiger partial charge in [-0.15, -0.1) is 6.58 Å². The third-order valence-electron chi connectivity index (χ3n) is 1.67. The molecule has 0 spiro atoms. The molecule has 0 aliphatic heterocycles. The molecular formula is C11H12BrNO2. The van der Waals surface area contributed by atoms with E-state index in [1.54, 1.807) is 18.3 Å². The first kappa shape index (κ1) is 11.9. The van der Waals surface area contributed by atoms with E-state index in [0.29, 0.717) is 18.7 Å². The van der Waals surface area contributed by atoms with Gasteiger partial charge in [-0.3, -0.25) is 4.79 Å². The van der Waals surface area contributed by atoms with E-state index in [2.05, 4.69) is 27.5 Å². The van der Waals surface area contributed by atoms with E-state index < -0.39 is 0 Å². The molecule has 0 amide bonds. The van der Waals surface area contributed by atoms with Crippen molar-refractivity contribution in [2.24, 2.45) is 0 Å². The average Bonchev–Trinajstić information content (AvgIpc) is 2.19. The highest BCUT2D eigenvalue weighted by molar-refractivity contribution is 9.10. The number of halogens is 1. The van der Waals surface area contributed by atoms with Crippen molar-refractivity contribution in [2.45, 2.75) is 19.8 Å². The van der Waals surface area contributed by atoms with Crippen molar-refractivity contribution < 1.29 is 9.53 Å². The molecule has 0 radical (unpaired) electrons. The average molecular weight is 270 g/mol. The molecule has 0 aliphatic carbocycles. The standard InChI is InChI=1S/C11H12BrNO2/c1-8(2)3-6-11(14)15-10-5-4-9(12)7-13-10/h4-5,7H,1,3,6H2,2H3. The van der Waals surface area contributed by atoms with Gasteiger partial charge in [0.05, 0.1) is 0 Å². The summed E-state index contributed by atoms with van der Waals surface area (Å²) in [6, 6.07) is 3.41. The van der Waals surface area contributed by atoms with E-state index in [1.807, 2.05) is 6.92 Å². The number of ether oxygens (including phenoxy) is 1. The molecule has 0 saturated carbocycles. The van der Waals surface area contributed by atoms with Gasteiger partial charge in [0.15, 0.2) is 0 Å². The summed E-state index contributed by atoms with van der Waals surface area (Å²) < 4.78 is 5.86. The molecule has 3 nitrogen and oxygen atoms in total. The van der Waals surface area contributed by atoms with Crippen LogP contribution in [0.1, 0.15) is 19.8 Å². The Bertz CT molecular complexity index is 359. The maximum Gasteiger partial charge on any atom is 0.312 e. The minimum Gasteiger partial charge on any atom is -0.407 e. The van der Waals surface area contributed by atoms with Crippen LogP contribution in [0.2, 0.25) is 0 Å². The number of pyridine rings is 1. The predicted molar refractivity (Wildman–Crippen MR) is 61.6 cm³/mol. The van der Waals surface area contributed by atoms with Crippen LogP contribution in [-0.2, 0) is 4.79 Å². The predicted octanol–water partition coefficient (Wildman–Crippen LogP) is 3.11. The zero-order valence-electron chi connectivity index (χ0n) is 8.50. The SMILES string of the molecule is C=C(C)CCC(=O)Oc1ccc(Br)cn1. The van der Waals surface area contributed by atoms with Gasteiger partial charge in [0.1, 0.15) is 0 Å². The summed E-state index contributed by atoms with van der Waals surface area (Å²) >= 11 is 3.25. The third-order valence-corrected chi connectivity index (χ3v) is 2.14. The second-order valence-corrected chi connectivity index (χ2v) is 4.16. The lowest BCUT2D eigenvalue weighted by molar-refractivity contribution is -0.134. The molecule has 15 heavy (non-hydrogen) atoms. The van der Waals surface area contributed by atoms with Crippen molar-refractivity contribution in [3.8, 4) is 5.88 Å².